The van der Waals surface area contributed by atoms with Gasteiger partial charge in [-0.15, -0.1) is 0 Å². The predicted octanol–water partition coefficient (Wildman–Crippen LogP) is 2.04. The van der Waals surface area contributed by atoms with Gasteiger partial charge < -0.3 is 19.5 Å². The molecule has 1 atom stereocenters. The van der Waals surface area contributed by atoms with Gasteiger partial charge in [-0.2, -0.15) is 0 Å². The third-order valence-electron chi connectivity index (χ3n) is 4.19. The summed E-state index contributed by atoms with van der Waals surface area (Å²) in [7, 11) is 0. The van der Waals surface area contributed by atoms with E-state index in [2.05, 4.69) is 11.9 Å². The molecule has 120 valence electrons. The molecule has 1 saturated carbocycles. The van der Waals surface area contributed by atoms with Crippen molar-refractivity contribution in [3.63, 3.8) is 0 Å². The van der Waals surface area contributed by atoms with Crippen LogP contribution >= 0.6 is 0 Å². The molecule has 6 nitrogen and oxygen atoms in total. The van der Waals surface area contributed by atoms with E-state index < -0.39 is 17.7 Å². The topological polar surface area (TPSA) is 73.9 Å². The molecule has 0 aromatic rings. The molecule has 21 heavy (non-hydrogen) atoms. The summed E-state index contributed by atoms with van der Waals surface area (Å²) in [5.41, 5.74) is -0.474. The molecule has 1 aliphatic carbocycles. The fourth-order valence-corrected chi connectivity index (χ4v) is 3.08. The van der Waals surface area contributed by atoms with Crippen LogP contribution in [0.25, 0.3) is 0 Å². The van der Waals surface area contributed by atoms with E-state index in [9.17, 15) is 9.59 Å². The van der Waals surface area contributed by atoms with Crippen LogP contribution in [-0.2, 0) is 19.0 Å². The van der Waals surface area contributed by atoms with Crippen LogP contribution in [-0.4, -0.2) is 44.0 Å². The zero-order chi connectivity index (χ0) is 15.1. The Balaban J connectivity index is 0.00000242. The van der Waals surface area contributed by atoms with Crippen molar-refractivity contribution in [3.05, 3.63) is 12.7 Å². The van der Waals surface area contributed by atoms with Crippen LogP contribution in [0.4, 0.5) is 4.79 Å². The average molecular weight is 299 g/mol. The Morgan fingerprint density at radius 2 is 2.19 bits per heavy atom. The van der Waals surface area contributed by atoms with Crippen LogP contribution in [0.1, 0.15) is 33.5 Å². The Bertz CT molecular complexity index is 389. The average Bonchev–Trinajstić information content (AvgIpc) is 3.14. The summed E-state index contributed by atoms with van der Waals surface area (Å²) >= 11 is 0. The molecule has 1 heterocycles. The van der Waals surface area contributed by atoms with E-state index in [1.165, 1.54) is 12.8 Å². The number of amides is 1. The van der Waals surface area contributed by atoms with Gasteiger partial charge in [0.05, 0.1) is 19.8 Å². The Kier molecular flexibility index (Phi) is 5.61. The number of carbonyl (C=O) groups is 2. The lowest BCUT2D eigenvalue weighted by Crippen LogP contribution is -2.45. The van der Waals surface area contributed by atoms with Crippen molar-refractivity contribution in [2.75, 3.05) is 26.4 Å². The second kappa shape index (κ2) is 7.45. The minimum atomic E-state index is -0.503. The van der Waals surface area contributed by atoms with Gasteiger partial charge in [0, 0.05) is 19.8 Å². The zero-order valence-corrected chi connectivity index (χ0v) is 12.3. The van der Waals surface area contributed by atoms with Gasteiger partial charge in [-0.05, 0) is 12.8 Å². The number of carbonyl (C=O) groups excluding carboxylic acids is 2. The first-order valence-corrected chi connectivity index (χ1v) is 7.50. The van der Waals surface area contributed by atoms with Crippen LogP contribution < -0.4 is 5.32 Å². The van der Waals surface area contributed by atoms with Crippen molar-refractivity contribution < 1.29 is 25.2 Å². The minimum absolute atomic E-state index is 0. The summed E-state index contributed by atoms with van der Waals surface area (Å²) in [4.78, 5) is 22.8. The summed E-state index contributed by atoms with van der Waals surface area (Å²) in [6.45, 7) is 4.74. The number of esters is 1. The van der Waals surface area contributed by atoms with Gasteiger partial charge in [0.1, 0.15) is 12.2 Å². The largest absolute Gasteiger partial charge is 0.461 e. The quantitative estimate of drug-likeness (QED) is 0.461. The maximum atomic E-state index is 11.9. The van der Waals surface area contributed by atoms with Crippen LogP contribution in [0.5, 0.6) is 0 Å². The van der Waals surface area contributed by atoms with Crippen molar-refractivity contribution in [1.29, 1.82) is 0 Å². The highest BCUT2D eigenvalue weighted by Gasteiger charge is 2.46. The van der Waals surface area contributed by atoms with E-state index in [1.54, 1.807) is 0 Å². The Morgan fingerprint density at radius 1 is 1.43 bits per heavy atom. The van der Waals surface area contributed by atoms with Gasteiger partial charge in [-0.25, -0.2) is 9.59 Å². The molecule has 0 bridgehead atoms. The lowest BCUT2D eigenvalue weighted by molar-refractivity contribution is -0.137. The molecule has 0 radical (unpaired) electrons. The molecule has 1 unspecified atom stereocenters. The number of rotatable bonds is 6. The molecule has 0 aromatic heterocycles. The number of nitrogens with one attached hydrogen (secondary N) is 1. The Morgan fingerprint density at radius 3 is 2.81 bits per heavy atom. The Labute approximate surface area is 126 Å². The summed E-state index contributed by atoms with van der Waals surface area (Å²) < 4.78 is 15.9. The standard InChI is InChI=1S/C15H23NO5.H2/c1-2-13(17)20-10-8-16-14(18)21-15(7-9-19-11-15)12-5-3-4-6-12;/h2,12H,1,3-11H2,(H,16,18);1H. The van der Waals surface area contributed by atoms with Gasteiger partial charge in [0.2, 0.25) is 0 Å². The van der Waals surface area contributed by atoms with Crippen LogP contribution in [0, 0.1) is 5.92 Å². The molecule has 1 amide bonds. The lowest BCUT2D eigenvalue weighted by Gasteiger charge is -2.33. The monoisotopic (exact) mass is 299 g/mol. The van der Waals surface area contributed by atoms with Crippen LogP contribution in [0.3, 0.4) is 0 Å². The van der Waals surface area contributed by atoms with Crippen LogP contribution in [0.2, 0.25) is 0 Å². The molecule has 0 aromatic carbocycles. The predicted molar refractivity (Wildman–Crippen MR) is 77.9 cm³/mol. The SMILES string of the molecule is C=CC(=O)OCCNC(=O)OC1(C2CCCC2)CCOC1.[HH]. The highest BCUT2D eigenvalue weighted by molar-refractivity contribution is 5.81. The van der Waals surface area contributed by atoms with Crippen molar-refractivity contribution >= 4 is 12.1 Å². The highest BCUT2D eigenvalue weighted by atomic mass is 16.6. The number of alkyl carbamates (subject to hydrolysis) is 1. The minimum Gasteiger partial charge on any atom is -0.461 e. The van der Waals surface area contributed by atoms with E-state index in [4.69, 9.17) is 14.2 Å². The maximum Gasteiger partial charge on any atom is 0.407 e. The van der Waals surface area contributed by atoms with Gasteiger partial charge in [0.25, 0.3) is 0 Å². The molecule has 6 heteroatoms. The van der Waals surface area contributed by atoms with Gasteiger partial charge >= 0.3 is 12.1 Å². The Hall–Kier alpha value is -1.56. The van der Waals surface area contributed by atoms with Gasteiger partial charge in [0.15, 0.2) is 0 Å². The van der Waals surface area contributed by atoms with Crippen LogP contribution in [0.15, 0.2) is 12.7 Å². The molecule has 1 saturated heterocycles. The first kappa shape index (κ1) is 15.8. The van der Waals surface area contributed by atoms with Crippen molar-refractivity contribution in [2.24, 2.45) is 5.92 Å². The maximum absolute atomic E-state index is 11.9. The van der Waals surface area contributed by atoms with Crippen molar-refractivity contribution in [2.45, 2.75) is 37.7 Å². The van der Waals surface area contributed by atoms with Crippen molar-refractivity contribution in [3.8, 4) is 0 Å². The fraction of sp³-hybridized carbons (Fsp3) is 0.733. The molecule has 2 aliphatic rings. The van der Waals surface area contributed by atoms with E-state index in [0.29, 0.717) is 19.1 Å². The third kappa shape index (κ3) is 4.20. The fourth-order valence-electron chi connectivity index (χ4n) is 3.08. The lowest BCUT2D eigenvalue weighted by atomic mass is 9.85. The molecule has 0 spiro atoms. The first-order valence-electron chi connectivity index (χ1n) is 7.50. The summed E-state index contributed by atoms with van der Waals surface area (Å²) in [5, 5.41) is 2.61. The third-order valence-corrected chi connectivity index (χ3v) is 4.19. The van der Waals surface area contributed by atoms with Crippen molar-refractivity contribution in [1.82, 2.24) is 5.32 Å². The second-order valence-electron chi connectivity index (χ2n) is 5.54. The highest BCUT2D eigenvalue weighted by Crippen LogP contribution is 2.41. The normalized spacial score (nSPS) is 25.5. The molecule has 2 rings (SSSR count). The zero-order valence-electron chi connectivity index (χ0n) is 12.3. The van der Waals surface area contributed by atoms with E-state index in [-0.39, 0.29) is 14.6 Å². The summed E-state index contributed by atoms with van der Waals surface area (Å²) in [5.74, 6) is -0.110. The molecular weight excluding hydrogens is 274 g/mol. The summed E-state index contributed by atoms with van der Waals surface area (Å²) in [6, 6.07) is 0. The summed E-state index contributed by atoms with van der Waals surface area (Å²) in [6.07, 6.45) is 5.94. The smallest absolute Gasteiger partial charge is 0.407 e. The number of ether oxygens (including phenoxy) is 3. The number of hydrogen-bond donors (Lipinski definition) is 1. The second-order valence-corrected chi connectivity index (χ2v) is 5.54. The molecule has 1 N–H and O–H groups in total. The van der Waals surface area contributed by atoms with E-state index in [0.717, 1.165) is 25.3 Å². The molecule has 1 aliphatic heterocycles. The first-order chi connectivity index (χ1) is 10.2. The molecule has 2 fully saturated rings. The molecular formula is C15H25NO5. The van der Waals surface area contributed by atoms with E-state index in [1.807, 2.05) is 0 Å². The van der Waals surface area contributed by atoms with Gasteiger partial charge in [-0.3, -0.25) is 0 Å². The van der Waals surface area contributed by atoms with E-state index >= 15 is 0 Å². The van der Waals surface area contributed by atoms with Gasteiger partial charge in [-0.1, -0.05) is 19.4 Å². The number of hydrogen-bond acceptors (Lipinski definition) is 5.